The van der Waals surface area contributed by atoms with E-state index in [2.05, 4.69) is 0 Å². The minimum Gasteiger partial charge on any atom is -0.341 e. The van der Waals surface area contributed by atoms with E-state index in [0.717, 1.165) is 24.1 Å². The van der Waals surface area contributed by atoms with Gasteiger partial charge in [0.25, 0.3) is 0 Å². The van der Waals surface area contributed by atoms with Crippen molar-refractivity contribution in [2.75, 3.05) is 26.2 Å². The van der Waals surface area contributed by atoms with Gasteiger partial charge in [-0.25, -0.2) is 0 Å². The molecule has 1 fully saturated rings. The SMILES string of the molecule is CCC(=O)N1CCCN(C(=O)C(c2ccccc2)c2ccccc2)CC1. The van der Waals surface area contributed by atoms with Crippen molar-refractivity contribution in [1.29, 1.82) is 0 Å². The molecule has 0 bridgehead atoms. The zero-order valence-electron chi connectivity index (χ0n) is 15.3. The summed E-state index contributed by atoms with van der Waals surface area (Å²) in [6, 6.07) is 19.9. The summed E-state index contributed by atoms with van der Waals surface area (Å²) in [6.45, 7) is 4.53. The minimum absolute atomic E-state index is 0.119. The summed E-state index contributed by atoms with van der Waals surface area (Å²) in [6.07, 6.45) is 1.35. The van der Waals surface area contributed by atoms with E-state index in [0.29, 0.717) is 26.1 Å². The van der Waals surface area contributed by atoms with E-state index in [4.69, 9.17) is 0 Å². The van der Waals surface area contributed by atoms with E-state index in [1.807, 2.05) is 77.4 Å². The van der Waals surface area contributed by atoms with Crippen LogP contribution in [-0.4, -0.2) is 47.8 Å². The van der Waals surface area contributed by atoms with Gasteiger partial charge >= 0.3 is 0 Å². The smallest absolute Gasteiger partial charge is 0.234 e. The fraction of sp³-hybridized carbons (Fsp3) is 0.364. The van der Waals surface area contributed by atoms with Gasteiger partial charge in [0, 0.05) is 32.6 Å². The molecule has 0 spiro atoms. The molecule has 2 aromatic carbocycles. The topological polar surface area (TPSA) is 40.6 Å². The monoisotopic (exact) mass is 350 g/mol. The van der Waals surface area contributed by atoms with Crippen molar-refractivity contribution in [1.82, 2.24) is 9.80 Å². The summed E-state index contributed by atoms with van der Waals surface area (Å²) in [4.78, 5) is 29.2. The molecular formula is C22H26N2O2. The van der Waals surface area contributed by atoms with Crippen LogP contribution in [0.1, 0.15) is 36.8 Å². The third-order valence-electron chi connectivity index (χ3n) is 4.98. The quantitative estimate of drug-likeness (QED) is 0.849. The number of hydrogen-bond donors (Lipinski definition) is 0. The first-order chi connectivity index (χ1) is 12.7. The Hall–Kier alpha value is -2.62. The van der Waals surface area contributed by atoms with Gasteiger partial charge in [-0.05, 0) is 17.5 Å². The third kappa shape index (κ3) is 4.13. The Balaban J connectivity index is 1.83. The summed E-state index contributed by atoms with van der Waals surface area (Å²) < 4.78 is 0. The van der Waals surface area contributed by atoms with Crippen LogP contribution in [0.2, 0.25) is 0 Å². The lowest BCUT2D eigenvalue weighted by Crippen LogP contribution is -2.39. The molecule has 1 aliphatic heterocycles. The van der Waals surface area contributed by atoms with Gasteiger partial charge in [-0.15, -0.1) is 0 Å². The molecule has 3 rings (SSSR count). The normalized spacial score (nSPS) is 15.0. The summed E-state index contributed by atoms with van der Waals surface area (Å²) in [5.74, 6) is -0.0130. The first-order valence-corrected chi connectivity index (χ1v) is 9.37. The van der Waals surface area contributed by atoms with Crippen LogP contribution >= 0.6 is 0 Å². The van der Waals surface area contributed by atoms with Crippen molar-refractivity contribution < 1.29 is 9.59 Å². The maximum absolute atomic E-state index is 13.4. The van der Waals surface area contributed by atoms with E-state index in [1.54, 1.807) is 0 Å². The van der Waals surface area contributed by atoms with Gasteiger partial charge in [0.2, 0.25) is 11.8 Å². The van der Waals surface area contributed by atoms with Crippen LogP contribution in [0.25, 0.3) is 0 Å². The number of amides is 2. The Morgan fingerprint density at radius 3 is 1.85 bits per heavy atom. The Morgan fingerprint density at radius 1 is 0.808 bits per heavy atom. The molecule has 1 aliphatic rings. The molecule has 0 aliphatic carbocycles. The highest BCUT2D eigenvalue weighted by atomic mass is 16.2. The Bertz CT molecular complexity index is 691. The van der Waals surface area contributed by atoms with Crippen LogP contribution < -0.4 is 0 Å². The molecule has 2 aromatic rings. The van der Waals surface area contributed by atoms with Crippen LogP contribution in [0.15, 0.2) is 60.7 Å². The van der Waals surface area contributed by atoms with Gasteiger partial charge in [0.05, 0.1) is 5.92 Å². The highest BCUT2D eigenvalue weighted by molar-refractivity contribution is 5.87. The average molecular weight is 350 g/mol. The second kappa shape index (κ2) is 8.65. The predicted molar refractivity (Wildman–Crippen MR) is 103 cm³/mol. The largest absolute Gasteiger partial charge is 0.341 e. The number of nitrogens with zero attached hydrogens (tertiary/aromatic N) is 2. The van der Waals surface area contributed by atoms with Gasteiger partial charge in [-0.3, -0.25) is 9.59 Å². The number of carbonyl (C=O) groups excluding carboxylic acids is 2. The average Bonchev–Trinajstić information content (AvgIpc) is 2.95. The summed E-state index contributed by atoms with van der Waals surface area (Å²) >= 11 is 0. The standard InChI is InChI=1S/C22H26N2O2/c1-2-20(25)23-14-9-15-24(17-16-23)22(26)21(18-10-5-3-6-11-18)19-12-7-4-8-13-19/h3-8,10-13,21H,2,9,14-17H2,1H3. The van der Waals surface area contributed by atoms with Gasteiger partial charge in [0.15, 0.2) is 0 Å². The third-order valence-corrected chi connectivity index (χ3v) is 4.98. The molecule has 0 unspecified atom stereocenters. The Labute approximate surface area is 155 Å². The van der Waals surface area contributed by atoms with E-state index >= 15 is 0 Å². The van der Waals surface area contributed by atoms with Crippen molar-refractivity contribution in [3.05, 3.63) is 71.8 Å². The lowest BCUT2D eigenvalue weighted by atomic mass is 9.90. The molecule has 0 radical (unpaired) electrons. The highest BCUT2D eigenvalue weighted by Crippen LogP contribution is 2.27. The molecule has 0 aromatic heterocycles. The van der Waals surface area contributed by atoms with Crippen molar-refractivity contribution in [2.45, 2.75) is 25.7 Å². The molecule has 26 heavy (non-hydrogen) atoms. The van der Waals surface area contributed by atoms with Crippen molar-refractivity contribution in [3.63, 3.8) is 0 Å². The molecule has 4 heteroatoms. The zero-order chi connectivity index (χ0) is 18.4. The Kier molecular flexibility index (Phi) is 6.05. The zero-order valence-corrected chi connectivity index (χ0v) is 15.3. The fourth-order valence-electron chi connectivity index (χ4n) is 3.56. The lowest BCUT2D eigenvalue weighted by Gasteiger charge is -2.27. The number of carbonyl (C=O) groups is 2. The molecule has 0 atom stereocenters. The number of hydrogen-bond acceptors (Lipinski definition) is 2. The van der Waals surface area contributed by atoms with Crippen molar-refractivity contribution in [2.24, 2.45) is 0 Å². The first-order valence-electron chi connectivity index (χ1n) is 9.37. The molecule has 1 heterocycles. The van der Waals surface area contributed by atoms with Crippen molar-refractivity contribution >= 4 is 11.8 Å². The molecule has 0 saturated carbocycles. The second-order valence-corrected chi connectivity index (χ2v) is 6.67. The van der Waals surface area contributed by atoms with Crippen LogP contribution in [0.3, 0.4) is 0 Å². The summed E-state index contributed by atoms with van der Waals surface area (Å²) in [5.41, 5.74) is 2.02. The molecule has 2 amide bonds. The highest BCUT2D eigenvalue weighted by Gasteiger charge is 2.29. The van der Waals surface area contributed by atoms with Crippen LogP contribution in [-0.2, 0) is 9.59 Å². The maximum Gasteiger partial charge on any atom is 0.234 e. The van der Waals surface area contributed by atoms with Gasteiger partial charge in [0.1, 0.15) is 0 Å². The first kappa shape index (κ1) is 18.2. The second-order valence-electron chi connectivity index (χ2n) is 6.67. The van der Waals surface area contributed by atoms with Gasteiger partial charge < -0.3 is 9.80 Å². The van der Waals surface area contributed by atoms with E-state index < -0.39 is 0 Å². The Morgan fingerprint density at radius 2 is 1.31 bits per heavy atom. The van der Waals surface area contributed by atoms with Crippen LogP contribution in [0.4, 0.5) is 0 Å². The van der Waals surface area contributed by atoms with Gasteiger partial charge in [-0.1, -0.05) is 67.6 Å². The molecule has 136 valence electrons. The van der Waals surface area contributed by atoms with Gasteiger partial charge in [-0.2, -0.15) is 0 Å². The van der Waals surface area contributed by atoms with E-state index in [-0.39, 0.29) is 17.7 Å². The minimum atomic E-state index is -0.300. The van der Waals surface area contributed by atoms with Crippen LogP contribution in [0, 0.1) is 0 Å². The lowest BCUT2D eigenvalue weighted by molar-refractivity contribution is -0.133. The summed E-state index contributed by atoms with van der Waals surface area (Å²) in [5, 5.41) is 0. The van der Waals surface area contributed by atoms with Crippen molar-refractivity contribution in [3.8, 4) is 0 Å². The molecule has 4 nitrogen and oxygen atoms in total. The fourth-order valence-corrected chi connectivity index (χ4v) is 3.56. The number of rotatable bonds is 4. The maximum atomic E-state index is 13.4. The number of benzene rings is 2. The summed E-state index contributed by atoms with van der Waals surface area (Å²) in [7, 11) is 0. The van der Waals surface area contributed by atoms with E-state index in [9.17, 15) is 9.59 Å². The predicted octanol–water partition coefficient (Wildman–Crippen LogP) is 3.29. The van der Waals surface area contributed by atoms with E-state index in [1.165, 1.54) is 0 Å². The molecular weight excluding hydrogens is 324 g/mol. The molecule has 1 saturated heterocycles. The molecule has 0 N–H and O–H groups in total. The van der Waals surface area contributed by atoms with Crippen LogP contribution in [0.5, 0.6) is 0 Å².